The summed E-state index contributed by atoms with van der Waals surface area (Å²) >= 11 is 0. The van der Waals surface area contributed by atoms with E-state index in [-0.39, 0.29) is 25.1 Å². The highest BCUT2D eigenvalue weighted by Gasteiger charge is 2.57. The molecule has 0 saturated carbocycles. The molecule has 2 atom stereocenters. The molecule has 2 heterocycles. The molecule has 0 aliphatic carbocycles. The van der Waals surface area contributed by atoms with Gasteiger partial charge in [0.05, 0.1) is 19.8 Å². The Balaban J connectivity index is 1.60. The summed E-state index contributed by atoms with van der Waals surface area (Å²) in [5, 5.41) is 12.4. The van der Waals surface area contributed by atoms with Crippen molar-refractivity contribution in [3.63, 3.8) is 0 Å². The molecule has 3 rings (SSSR count). The van der Waals surface area contributed by atoms with Gasteiger partial charge in [-0.05, 0) is 18.1 Å². The number of carbonyl (C=O) groups is 2. The van der Waals surface area contributed by atoms with Gasteiger partial charge >= 0.3 is 12.0 Å². The fourth-order valence-corrected chi connectivity index (χ4v) is 3.56. The number of hydrogen-bond acceptors (Lipinski definition) is 4. The summed E-state index contributed by atoms with van der Waals surface area (Å²) in [5.41, 5.74) is 1.09. The zero-order valence-corrected chi connectivity index (χ0v) is 14.4. The Labute approximate surface area is 146 Å². The number of carboxylic acid groups (broad SMARTS) is 1. The number of amides is 2. The average Bonchev–Trinajstić information content (AvgIpc) is 3.17. The van der Waals surface area contributed by atoms with Crippen LogP contribution in [-0.2, 0) is 27.4 Å². The zero-order valence-electron chi connectivity index (χ0n) is 14.4. The molecule has 25 heavy (non-hydrogen) atoms. The topological polar surface area (TPSA) is 88.1 Å². The summed E-state index contributed by atoms with van der Waals surface area (Å²) in [6.45, 7) is 4.65. The minimum Gasteiger partial charge on any atom is -0.481 e. The van der Waals surface area contributed by atoms with E-state index in [9.17, 15) is 14.7 Å². The van der Waals surface area contributed by atoms with E-state index in [0.29, 0.717) is 32.9 Å². The van der Waals surface area contributed by atoms with Crippen molar-refractivity contribution < 1.29 is 24.2 Å². The molecule has 1 aromatic rings. The van der Waals surface area contributed by atoms with Crippen LogP contribution >= 0.6 is 0 Å². The van der Waals surface area contributed by atoms with Crippen molar-refractivity contribution in [3.8, 4) is 0 Å². The molecule has 2 fully saturated rings. The number of nitrogens with one attached hydrogen (secondary N) is 1. The first-order chi connectivity index (χ1) is 12.1. The van der Waals surface area contributed by atoms with Gasteiger partial charge in [0.15, 0.2) is 0 Å². The number of aliphatic carboxylic acids is 1. The second-order valence-corrected chi connectivity index (χ2v) is 6.62. The number of carbonyl (C=O) groups excluding carboxylic acids is 1. The standard InChI is InChI=1S/C18H24N2O5/c1-2-24-9-14-6-4-3-5-13(14)7-19-17(23)20-8-15-10-25-12-18(15,11-20)16(21)22/h3-6,15H,2,7-12H2,1H3,(H,19,23)(H,21,22)/t15-,18-/m1/s1. The van der Waals surface area contributed by atoms with Crippen molar-refractivity contribution in [2.75, 3.05) is 32.9 Å². The lowest BCUT2D eigenvalue weighted by molar-refractivity contribution is -0.149. The van der Waals surface area contributed by atoms with E-state index >= 15 is 0 Å². The highest BCUT2D eigenvalue weighted by Crippen LogP contribution is 2.41. The molecule has 0 radical (unpaired) electrons. The van der Waals surface area contributed by atoms with Crippen LogP contribution in [0.2, 0.25) is 0 Å². The molecule has 7 nitrogen and oxygen atoms in total. The van der Waals surface area contributed by atoms with Gasteiger partial charge < -0.3 is 24.8 Å². The van der Waals surface area contributed by atoms with Crippen molar-refractivity contribution in [2.45, 2.75) is 20.1 Å². The smallest absolute Gasteiger partial charge is 0.317 e. The number of ether oxygens (including phenoxy) is 2. The number of rotatable bonds is 6. The van der Waals surface area contributed by atoms with E-state index in [4.69, 9.17) is 9.47 Å². The maximum Gasteiger partial charge on any atom is 0.317 e. The second-order valence-electron chi connectivity index (χ2n) is 6.62. The van der Waals surface area contributed by atoms with Gasteiger partial charge in [-0.2, -0.15) is 0 Å². The van der Waals surface area contributed by atoms with Gasteiger partial charge in [0, 0.05) is 32.2 Å². The quantitative estimate of drug-likeness (QED) is 0.813. The first kappa shape index (κ1) is 17.7. The lowest BCUT2D eigenvalue weighted by Crippen LogP contribution is -2.43. The molecule has 0 unspecified atom stereocenters. The summed E-state index contributed by atoms with van der Waals surface area (Å²) in [6, 6.07) is 7.57. The van der Waals surface area contributed by atoms with Crippen LogP contribution in [0.4, 0.5) is 4.79 Å². The average molecular weight is 348 g/mol. The number of benzene rings is 1. The van der Waals surface area contributed by atoms with Crippen molar-refractivity contribution >= 4 is 12.0 Å². The van der Waals surface area contributed by atoms with Gasteiger partial charge in [0.25, 0.3) is 0 Å². The molecule has 2 amide bonds. The van der Waals surface area contributed by atoms with E-state index in [1.807, 2.05) is 31.2 Å². The highest BCUT2D eigenvalue weighted by molar-refractivity contribution is 5.80. The number of carboxylic acids is 1. The summed E-state index contributed by atoms with van der Waals surface area (Å²) in [7, 11) is 0. The summed E-state index contributed by atoms with van der Waals surface area (Å²) in [6.07, 6.45) is 0. The van der Waals surface area contributed by atoms with Crippen LogP contribution in [0.15, 0.2) is 24.3 Å². The third-order valence-electron chi connectivity index (χ3n) is 5.10. The normalized spacial score (nSPS) is 25.0. The monoisotopic (exact) mass is 348 g/mol. The van der Waals surface area contributed by atoms with Crippen LogP contribution in [0.3, 0.4) is 0 Å². The van der Waals surface area contributed by atoms with Crippen LogP contribution in [-0.4, -0.2) is 54.9 Å². The Morgan fingerprint density at radius 2 is 2.16 bits per heavy atom. The molecule has 0 bridgehead atoms. The van der Waals surface area contributed by atoms with Crippen molar-refractivity contribution in [3.05, 3.63) is 35.4 Å². The number of hydrogen-bond donors (Lipinski definition) is 2. The molecular weight excluding hydrogens is 324 g/mol. The van der Waals surface area contributed by atoms with Gasteiger partial charge in [-0.25, -0.2) is 4.79 Å². The fraction of sp³-hybridized carbons (Fsp3) is 0.556. The predicted molar refractivity (Wildman–Crippen MR) is 90.0 cm³/mol. The van der Waals surface area contributed by atoms with Crippen molar-refractivity contribution in [1.82, 2.24) is 10.2 Å². The third kappa shape index (κ3) is 3.48. The minimum atomic E-state index is -0.954. The lowest BCUT2D eigenvalue weighted by atomic mass is 9.81. The van der Waals surface area contributed by atoms with Gasteiger partial charge in [-0.3, -0.25) is 4.79 Å². The minimum absolute atomic E-state index is 0.138. The molecule has 2 N–H and O–H groups in total. The Hall–Kier alpha value is -2.12. The van der Waals surface area contributed by atoms with E-state index in [0.717, 1.165) is 11.1 Å². The van der Waals surface area contributed by atoms with Gasteiger partial charge in [0.2, 0.25) is 0 Å². The van der Waals surface area contributed by atoms with E-state index in [1.54, 1.807) is 4.90 Å². The first-order valence-corrected chi connectivity index (χ1v) is 8.55. The Morgan fingerprint density at radius 3 is 2.84 bits per heavy atom. The van der Waals surface area contributed by atoms with E-state index < -0.39 is 11.4 Å². The molecule has 0 aromatic heterocycles. The van der Waals surface area contributed by atoms with Crippen LogP contribution in [0.5, 0.6) is 0 Å². The van der Waals surface area contributed by atoms with Crippen LogP contribution in [0.25, 0.3) is 0 Å². The summed E-state index contributed by atoms with van der Waals surface area (Å²) in [5.74, 6) is -1.02. The van der Waals surface area contributed by atoms with E-state index in [2.05, 4.69) is 5.32 Å². The fourth-order valence-electron chi connectivity index (χ4n) is 3.56. The second kappa shape index (κ2) is 7.41. The van der Waals surface area contributed by atoms with Crippen LogP contribution in [0, 0.1) is 11.3 Å². The molecule has 2 aliphatic heterocycles. The molecule has 2 saturated heterocycles. The number of nitrogens with zero attached hydrogens (tertiary/aromatic N) is 1. The summed E-state index contributed by atoms with van der Waals surface area (Å²) < 4.78 is 10.8. The molecule has 7 heteroatoms. The number of urea groups is 1. The molecule has 2 aliphatic rings. The SMILES string of the molecule is CCOCc1ccccc1CNC(=O)N1C[C@@H]2COC[C@]2(C(=O)O)C1. The molecule has 1 aromatic carbocycles. The Morgan fingerprint density at radius 1 is 1.40 bits per heavy atom. The first-order valence-electron chi connectivity index (χ1n) is 8.55. The van der Waals surface area contributed by atoms with Crippen LogP contribution in [0.1, 0.15) is 18.1 Å². The summed E-state index contributed by atoms with van der Waals surface area (Å²) in [4.78, 5) is 25.7. The maximum absolute atomic E-state index is 12.5. The van der Waals surface area contributed by atoms with Crippen LogP contribution < -0.4 is 5.32 Å². The predicted octanol–water partition coefficient (Wildman–Crippen LogP) is 1.47. The van der Waals surface area contributed by atoms with Gasteiger partial charge in [0.1, 0.15) is 5.41 Å². The number of fused-ring (bicyclic) bond motifs is 1. The van der Waals surface area contributed by atoms with E-state index in [1.165, 1.54) is 0 Å². The lowest BCUT2D eigenvalue weighted by Gasteiger charge is -2.22. The van der Waals surface area contributed by atoms with Crippen molar-refractivity contribution in [2.24, 2.45) is 11.3 Å². The molecule has 136 valence electrons. The largest absolute Gasteiger partial charge is 0.481 e. The Bertz CT molecular complexity index is 650. The Kier molecular flexibility index (Phi) is 5.24. The third-order valence-corrected chi connectivity index (χ3v) is 5.10. The van der Waals surface area contributed by atoms with Crippen molar-refractivity contribution in [1.29, 1.82) is 0 Å². The highest BCUT2D eigenvalue weighted by atomic mass is 16.5. The van der Waals surface area contributed by atoms with Gasteiger partial charge in [-0.1, -0.05) is 24.3 Å². The zero-order chi connectivity index (χ0) is 17.9. The maximum atomic E-state index is 12.5. The number of likely N-dealkylation sites (tertiary alicyclic amines) is 1. The van der Waals surface area contributed by atoms with Gasteiger partial charge in [-0.15, -0.1) is 0 Å². The molecule has 0 spiro atoms. The molecular formula is C18H24N2O5.